The van der Waals surface area contributed by atoms with Gasteiger partial charge in [0.05, 0.1) is 0 Å². The highest BCUT2D eigenvalue weighted by molar-refractivity contribution is 6.30. The van der Waals surface area contributed by atoms with E-state index in [1.54, 1.807) is 48.5 Å². The van der Waals surface area contributed by atoms with E-state index < -0.39 is 0 Å². The number of benzene rings is 2. The number of nitrogens with zero attached hydrogens (tertiary/aromatic N) is 6. The maximum atomic E-state index is 12.5. The first-order valence-electron chi connectivity index (χ1n) is 7.48. The Bertz CT molecular complexity index is 1110. The van der Waals surface area contributed by atoms with Crippen molar-refractivity contribution in [1.82, 2.24) is 20.6 Å². The van der Waals surface area contributed by atoms with Crippen LogP contribution in [0.2, 0.25) is 10.0 Å². The molecule has 0 aliphatic carbocycles. The van der Waals surface area contributed by atoms with Crippen LogP contribution < -0.4 is 0 Å². The summed E-state index contributed by atoms with van der Waals surface area (Å²) in [5.74, 6) is -0.181. The molecule has 4 rings (SSSR count). The van der Waals surface area contributed by atoms with Crippen molar-refractivity contribution in [1.29, 1.82) is 0 Å². The zero-order valence-corrected chi connectivity index (χ0v) is 14.8. The van der Waals surface area contributed by atoms with Crippen LogP contribution in [-0.4, -0.2) is 25.5 Å². The van der Waals surface area contributed by atoms with Crippen LogP contribution in [0, 0.1) is 5.21 Å². The molecule has 0 unspecified atom stereocenters. The van der Waals surface area contributed by atoms with Crippen molar-refractivity contribution < 1.29 is 14.1 Å². The van der Waals surface area contributed by atoms with Crippen LogP contribution in [-0.2, 0) is 0 Å². The molecule has 0 aliphatic heterocycles. The molecule has 2 aromatic heterocycles. The Morgan fingerprint density at radius 1 is 0.741 bits per heavy atom. The predicted molar refractivity (Wildman–Crippen MR) is 94.9 cm³/mol. The van der Waals surface area contributed by atoms with E-state index in [4.69, 9.17) is 27.8 Å². The first-order chi connectivity index (χ1) is 13.1. The molecular formula is C16H8Cl2N6O3. The Balaban J connectivity index is 1.71. The van der Waals surface area contributed by atoms with Gasteiger partial charge < -0.3 is 5.21 Å². The van der Waals surface area contributed by atoms with Crippen molar-refractivity contribution in [2.75, 3.05) is 0 Å². The third-order valence-corrected chi connectivity index (χ3v) is 4.05. The van der Waals surface area contributed by atoms with Gasteiger partial charge in [0.25, 0.3) is 5.82 Å². The lowest BCUT2D eigenvalue weighted by Crippen LogP contribution is -1.94. The zero-order valence-electron chi connectivity index (χ0n) is 13.3. The fourth-order valence-corrected chi connectivity index (χ4v) is 2.52. The molecule has 11 heteroatoms. The van der Waals surface area contributed by atoms with Crippen molar-refractivity contribution in [3.05, 3.63) is 63.8 Å². The van der Waals surface area contributed by atoms with Gasteiger partial charge in [-0.25, -0.2) is 4.63 Å². The lowest BCUT2D eigenvalue weighted by Gasteiger charge is -2.01. The SMILES string of the molecule is [O-][N+](=Nc1nonc1-c1ccc(Cl)cc1)c1nonc1-c1ccc(Cl)cc1. The minimum absolute atomic E-state index is 0.0302. The summed E-state index contributed by atoms with van der Waals surface area (Å²) in [6, 6.07) is 13.4. The summed E-state index contributed by atoms with van der Waals surface area (Å²) in [5.41, 5.74) is 1.69. The first kappa shape index (κ1) is 17.1. The van der Waals surface area contributed by atoms with Gasteiger partial charge in [0.15, 0.2) is 10.9 Å². The molecule has 0 saturated carbocycles. The molecule has 0 spiro atoms. The van der Waals surface area contributed by atoms with Crippen LogP contribution in [0.1, 0.15) is 0 Å². The van der Waals surface area contributed by atoms with E-state index in [0.29, 0.717) is 21.2 Å². The zero-order chi connectivity index (χ0) is 18.8. The van der Waals surface area contributed by atoms with Crippen LogP contribution >= 0.6 is 23.2 Å². The maximum absolute atomic E-state index is 12.5. The molecule has 2 heterocycles. The van der Waals surface area contributed by atoms with Gasteiger partial charge in [-0.05, 0) is 39.7 Å². The van der Waals surface area contributed by atoms with Crippen molar-refractivity contribution in [3.8, 4) is 22.5 Å². The van der Waals surface area contributed by atoms with Crippen LogP contribution in [0.25, 0.3) is 22.5 Å². The van der Waals surface area contributed by atoms with Crippen LogP contribution in [0.15, 0.2) is 62.9 Å². The van der Waals surface area contributed by atoms with Crippen LogP contribution in [0.5, 0.6) is 0 Å². The minimum atomic E-state index is -0.151. The second-order valence-corrected chi connectivity index (χ2v) is 6.13. The Labute approximate surface area is 161 Å². The average molecular weight is 403 g/mol. The lowest BCUT2D eigenvalue weighted by molar-refractivity contribution is -0.440. The number of rotatable bonds is 4. The molecule has 0 N–H and O–H groups in total. The van der Waals surface area contributed by atoms with E-state index in [9.17, 15) is 5.21 Å². The third-order valence-electron chi connectivity index (χ3n) is 3.54. The number of aromatic nitrogens is 4. The van der Waals surface area contributed by atoms with Crippen molar-refractivity contribution in [2.24, 2.45) is 5.11 Å². The van der Waals surface area contributed by atoms with Crippen molar-refractivity contribution in [2.45, 2.75) is 0 Å². The summed E-state index contributed by atoms with van der Waals surface area (Å²) in [6.45, 7) is 0. The van der Waals surface area contributed by atoms with Crippen LogP contribution in [0.4, 0.5) is 11.6 Å². The van der Waals surface area contributed by atoms with Gasteiger partial charge in [0.2, 0.25) is 5.69 Å². The summed E-state index contributed by atoms with van der Waals surface area (Å²) in [5, 5.41) is 32.3. The molecule has 0 aliphatic rings. The Morgan fingerprint density at radius 2 is 1.26 bits per heavy atom. The molecular weight excluding hydrogens is 395 g/mol. The first-order valence-corrected chi connectivity index (χ1v) is 8.23. The van der Waals surface area contributed by atoms with E-state index >= 15 is 0 Å². The normalized spacial score (nSPS) is 11.7. The molecule has 0 radical (unpaired) electrons. The highest BCUT2D eigenvalue weighted by atomic mass is 35.5. The van der Waals surface area contributed by atoms with E-state index in [2.05, 4.69) is 30.4 Å². The highest BCUT2D eigenvalue weighted by Crippen LogP contribution is 2.31. The molecule has 0 amide bonds. The average Bonchev–Trinajstić information content (AvgIpc) is 3.33. The molecule has 0 fully saturated rings. The quantitative estimate of drug-likeness (QED) is 0.267. The highest BCUT2D eigenvalue weighted by Gasteiger charge is 2.24. The fraction of sp³-hybridized carbons (Fsp3) is 0. The van der Waals surface area contributed by atoms with E-state index in [1.807, 2.05) is 0 Å². The molecule has 4 aromatic rings. The second-order valence-electron chi connectivity index (χ2n) is 5.26. The summed E-state index contributed by atoms with van der Waals surface area (Å²) < 4.78 is 9.40. The molecule has 0 saturated heterocycles. The van der Waals surface area contributed by atoms with Gasteiger partial charge in [-0.1, -0.05) is 52.6 Å². The molecule has 27 heavy (non-hydrogen) atoms. The van der Waals surface area contributed by atoms with Crippen LogP contribution in [0.3, 0.4) is 0 Å². The summed E-state index contributed by atoms with van der Waals surface area (Å²) in [6.07, 6.45) is 0. The number of azo groups is 1. The van der Waals surface area contributed by atoms with Gasteiger partial charge >= 0.3 is 5.82 Å². The fourth-order valence-electron chi connectivity index (χ4n) is 2.27. The Kier molecular flexibility index (Phi) is 4.53. The standard InChI is InChI=1S/C16H8Cl2N6O3/c17-11-5-1-9(2-6-11)13-15(22-26-20-13)19-24(25)16-14(21-27-23-16)10-3-7-12(18)8-4-10/h1-8H. The largest absolute Gasteiger partial charge is 0.690 e. The van der Waals surface area contributed by atoms with Gasteiger partial charge in [-0.2, -0.15) is 0 Å². The summed E-state index contributed by atoms with van der Waals surface area (Å²) >= 11 is 11.7. The van der Waals surface area contributed by atoms with Gasteiger partial charge in [-0.15, -0.1) is 9.49 Å². The number of halogens is 2. The third kappa shape index (κ3) is 3.50. The topological polar surface area (TPSA) is 116 Å². The summed E-state index contributed by atoms with van der Waals surface area (Å²) in [4.78, 5) is 0.236. The molecule has 0 bridgehead atoms. The van der Waals surface area contributed by atoms with Crippen molar-refractivity contribution in [3.63, 3.8) is 0 Å². The van der Waals surface area contributed by atoms with E-state index in [-0.39, 0.29) is 27.9 Å². The van der Waals surface area contributed by atoms with E-state index in [0.717, 1.165) is 0 Å². The summed E-state index contributed by atoms with van der Waals surface area (Å²) in [7, 11) is 0. The Hall–Kier alpha value is -3.30. The second kappa shape index (κ2) is 7.14. The van der Waals surface area contributed by atoms with Gasteiger partial charge in [0.1, 0.15) is 0 Å². The van der Waals surface area contributed by atoms with Crippen molar-refractivity contribution >= 4 is 34.8 Å². The van der Waals surface area contributed by atoms with Gasteiger partial charge in [-0.3, -0.25) is 0 Å². The predicted octanol–water partition coefficient (Wildman–Crippen LogP) is 5.02. The molecule has 2 aromatic carbocycles. The monoisotopic (exact) mass is 402 g/mol. The Morgan fingerprint density at radius 3 is 1.89 bits per heavy atom. The van der Waals surface area contributed by atoms with E-state index in [1.165, 1.54) is 0 Å². The minimum Gasteiger partial charge on any atom is -0.690 e. The number of hydrogen-bond donors (Lipinski definition) is 0. The molecule has 134 valence electrons. The maximum Gasteiger partial charge on any atom is 0.426 e. The molecule has 9 nitrogen and oxygen atoms in total. The number of hydrogen-bond acceptors (Lipinski definition) is 8. The lowest BCUT2D eigenvalue weighted by atomic mass is 10.1. The molecule has 0 atom stereocenters. The van der Waals surface area contributed by atoms with Gasteiger partial charge in [0, 0.05) is 21.2 Å². The smallest absolute Gasteiger partial charge is 0.426 e.